The number of aryl methyl sites for hydroxylation is 1. The second-order valence-corrected chi connectivity index (χ2v) is 5.47. The maximum atomic E-state index is 12.3. The Balaban J connectivity index is 2.07. The number of allylic oxidation sites excluding steroid dienone is 1. The average molecular weight is 331 g/mol. The number of hydrogen-bond donors (Lipinski definition) is 1. The molecule has 0 atom stereocenters. The Hall–Kier alpha value is -2.07. The minimum absolute atomic E-state index is 0.0412. The molecule has 0 radical (unpaired) electrons. The van der Waals surface area contributed by atoms with E-state index in [9.17, 15) is 9.90 Å². The van der Waals surface area contributed by atoms with Gasteiger partial charge < -0.3 is 9.84 Å². The normalized spacial score (nSPS) is 15.3. The lowest BCUT2D eigenvalue weighted by atomic mass is 10.1. The number of phenols is 1. The van der Waals surface area contributed by atoms with Crippen molar-refractivity contribution in [2.24, 2.45) is 0 Å². The quantitative estimate of drug-likeness (QED) is 0.801. The van der Waals surface area contributed by atoms with Crippen LogP contribution in [0.25, 0.3) is 6.08 Å². The van der Waals surface area contributed by atoms with Crippen LogP contribution in [0.3, 0.4) is 0 Å². The van der Waals surface area contributed by atoms with Gasteiger partial charge in [-0.3, -0.25) is 4.79 Å². The first kappa shape index (κ1) is 12.9. The van der Waals surface area contributed by atoms with Crippen LogP contribution >= 0.6 is 15.9 Å². The first-order valence-corrected chi connectivity index (χ1v) is 6.88. The number of Topliss-reactive ketones (excluding diaryl/α,β-unsaturated/α-hetero) is 1. The van der Waals surface area contributed by atoms with Crippen molar-refractivity contribution in [3.8, 4) is 11.5 Å². The maximum absolute atomic E-state index is 12.3. The van der Waals surface area contributed by atoms with Gasteiger partial charge in [-0.1, -0.05) is 34.1 Å². The minimum atomic E-state index is -0.298. The summed E-state index contributed by atoms with van der Waals surface area (Å²) in [5.41, 5.74) is 1.92. The number of fused-ring (bicyclic) bond motifs is 1. The number of ether oxygens (including phenoxy) is 1. The largest absolute Gasteiger partial charge is 0.507 e. The van der Waals surface area contributed by atoms with Crippen molar-refractivity contribution in [2.45, 2.75) is 6.92 Å². The van der Waals surface area contributed by atoms with Crippen LogP contribution in [-0.4, -0.2) is 10.9 Å². The van der Waals surface area contributed by atoms with E-state index in [4.69, 9.17) is 4.74 Å². The Kier molecular flexibility index (Phi) is 3.10. The molecule has 0 spiro atoms. The summed E-state index contributed by atoms with van der Waals surface area (Å²) in [6, 6.07) is 10.8. The monoisotopic (exact) mass is 330 g/mol. The summed E-state index contributed by atoms with van der Waals surface area (Å²) in [6.45, 7) is 1.84. The van der Waals surface area contributed by atoms with Crippen LogP contribution in [0.4, 0.5) is 0 Å². The van der Waals surface area contributed by atoms with Crippen molar-refractivity contribution in [1.29, 1.82) is 0 Å². The fourth-order valence-electron chi connectivity index (χ4n) is 2.16. The van der Waals surface area contributed by atoms with Crippen molar-refractivity contribution in [3.63, 3.8) is 0 Å². The van der Waals surface area contributed by atoms with E-state index in [-0.39, 0.29) is 22.9 Å². The molecule has 100 valence electrons. The summed E-state index contributed by atoms with van der Waals surface area (Å²) in [7, 11) is 0. The van der Waals surface area contributed by atoms with Gasteiger partial charge in [0.15, 0.2) is 5.76 Å². The van der Waals surface area contributed by atoms with E-state index in [0.717, 1.165) is 15.6 Å². The number of hydrogen-bond acceptors (Lipinski definition) is 3. The van der Waals surface area contributed by atoms with Crippen LogP contribution in [0.1, 0.15) is 21.5 Å². The molecular formula is C16H11BrO3. The predicted octanol–water partition coefficient (Wildman–Crippen LogP) is 4.08. The number of aromatic hydroxyl groups is 1. The third-order valence-corrected chi connectivity index (χ3v) is 3.81. The minimum Gasteiger partial charge on any atom is -0.507 e. The first-order valence-electron chi connectivity index (χ1n) is 6.08. The Morgan fingerprint density at radius 3 is 2.75 bits per heavy atom. The summed E-state index contributed by atoms with van der Waals surface area (Å²) in [6.07, 6.45) is 1.67. The van der Waals surface area contributed by atoms with Crippen LogP contribution in [-0.2, 0) is 0 Å². The Bertz CT molecular complexity index is 747. The molecule has 20 heavy (non-hydrogen) atoms. The zero-order chi connectivity index (χ0) is 14.3. The van der Waals surface area contributed by atoms with Gasteiger partial charge in [0, 0.05) is 4.47 Å². The Morgan fingerprint density at radius 1 is 1.25 bits per heavy atom. The van der Waals surface area contributed by atoms with Crippen LogP contribution in [0.2, 0.25) is 0 Å². The Morgan fingerprint density at radius 2 is 2.00 bits per heavy atom. The van der Waals surface area contributed by atoms with Gasteiger partial charge in [-0.05, 0) is 42.3 Å². The molecule has 2 aromatic carbocycles. The van der Waals surface area contributed by atoms with Gasteiger partial charge in [-0.25, -0.2) is 0 Å². The standard InChI is InChI=1S/C16H11BrO3/c1-9-6-12(18)15-13(7-9)20-14(16(15)19)8-10-4-2-3-5-11(10)17/h2-8,18H,1H3. The molecule has 4 heteroatoms. The summed E-state index contributed by atoms with van der Waals surface area (Å²) in [5, 5.41) is 9.88. The molecule has 0 saturated carbocycles. The van der Waals surface area contributed by atoms with Crippen molar-refractivity contribution in [1.82, 2.24) is 0 Å². The summed E-state index contributed by atoms with van der Waals surface area (Å²) < 4.78 is 6.45. The second kappa shape index (κ2) is 4.80. The number of rotatable bonds is 1. The van der Waals surface area contributed by atoms with Gasteiger partial charge in [0.2, 0.25) is 5.78 Å². The SMILES string of the molecule is Cc1cc(O)c2c(c1)OC(=Cc1ccccc1Br)C2=O. The molecule has 0 aliphatic carbocycles. The lowest BCUT2D eigenvalue weighted by molar-refractivity contribution is 0.101. The smallest absolute Gasteiger partial charge is 0.235 e. The molecule has 0 aromatic heterocycles. The average Bonchev–Trinajstić information content (AvgIpc) is 2.69. The molecular weight excluding hydrogens is 320 g/mol. The predicted molar refractivity (Wildman–Crippen MR) is 79.9 cm³/mol. The number of halogens is 1. The number of carbonyl (C=O) groups is 1. The van der Waals surface area contributed by atoms with Gasteiger partial charge in [-0.15, -0.1) is 0 Å². The van der Waals surface area contributed by atoms with Gasteiger partial charge in [-0.2, -0.15) is 0 Å². The van der Waals surface area contributed by atoms with E-state index in [0.29, 0.717) is 5.75 Å². The highest BCUT2D eigenvalue weighted by Crippen LogP contribution is 2.38. The molecule has 2 aromatic rings. The highest BCUT2D eigenvalue weighted by molar-refractivity contribution is 9.10. The zero-order valence-electron chi connectivity index (χ0n) is 10.7. The fraction of sp³-hybridized carbons (Fsp3) is 0.0625. The summed E-state index contributed by atoms with van der Waals surface area (Å²) in [4.78, 5) is 12.3. The highest BCUT2D eigenvalue weighted by Gasteiger charge is 2.30. The summed E-state index contributed by atoms with van der Waals surface area (Å²) >= 11 is 3.42. The molecule has 1 heterocycles. The fourth-order valence-corrected chi connectivity index (χ4v) is 2.56. The van der Waals surface area contributed by atoms with Crippen LogP contribution in [0.15, 0.2) is 46.6 Å². The number of carbonyl (C=O) groups excluding carboxylic acids is 1. The van der Waals surface area contributed by atoms with Crippen molar-refractivity contribution in [2.75, 3.05) is 0 Å². The molecule has 0 saturated heterocycles. The molecule has 1 N–H and O–H groups in total. The third kappa shape index (κ3) is 2.12. The van der Waals surface area contributed by atoms with Crippen molar-refractivity contribution >= 4 is 27.8 Å². The van der Waals surface area contributed by atoms with Gasteiger partial charge in [0.25, 0.3) is 0 Å². The molecule has 0 bridgehead atoms. The van der Waals surface area contributed by atoms with Crippen LogP contribution < -0.4 is 4.74 Å². The van der Waals surface area contributed by atoms with Crippen LogP contribution in [0.5, 0.6) is 11.5 Å². The van der Waals surface area contributed by atoms with E-state index in [2.05, 4.69) is 15.9 Å². The van der Waals surface area contributed by atoms with E-state index in [1.807, 2.05) is 31.2 Å². The van der Waals surface area contributed by atoms with Crippen LogP contribution in [0, 0.1) is 6.92 Å². The molecule has 1 aliphatic rings. The lowest BCUT2D eigenvalue weighted by Gasteiger charge is -2.01. The van der Waals surface area contributed by atoms with E-state index >= 15 is 0 Å². The number of benzene rings is 2. The van der Waals surface area contributed by atoms with Crippen molar-refractivity contribution < 1.29 is 14.6 Å². The third-order valence-electron chi connectivity index (χ3n) is 3.09. The second-order valence-electron chi connectivity index (χ2n) is 4.62. The molecule has 3 rings (SSSR count). The van der Waals surface area contributed by atoms with E-state index < -0.39 is 0 Å². The lowest BCUT2D eigenvalue weighted by Crippen LogP contribution is -1.98. The highest BCUT2D eigenvalue weighted by atomic mass is 79.9. The molecule has 0 amide bonds. The molecule has 0 fully saturated rings. The molecule has 1 aliphatic heterocycles. The van der Waals surface area contributed by atoms with Crippen molar-refractivity contribution in [3.05, 3.63) is 63.3 Å². The van der Waals surface area contributed by atoms with Gasteiger partial charge in [0.05, 0.1) is 0 Å². The zero-order valence-corrected chi connectivity index (χ0v) is 12.3. The number of ketones is 1. The van der Waals surface area contributed by atoms with Gasteiger partial charge in [0.1, 0.15) is 17.1 Å². The molecule has 0 unspecified atom stereocenters. The first-order chi connectivity index (χ1) is 9.56. The van der Waals surface area contributed by atoms with E-state index in [1.165, 1.54) is 0 Å². The Labute approximate surface area is 124 Å². The number of phenolic OH excluding ortho intramolecular Hbond substituents is 1. The van der Waals surface area contributed by atoms with Gasteiger partial charge >= 0.3 is 0 Å². The summed E-state index contributed by atoms with van der Waals surface area (Å²) in [5.74, 6) is 0.285. The molecule has 3 nitrogen and oxygen atoms in total. The topological polar surface area (TPSA) is 46.5 Å². The maximum Gasteiger partial charge on any atom is 0.235 e. The van der Waals surface area contributed by atoms with E-state index in [1.54, 1.807) is 18.2 Å².